The van der Waals surface area contributed by atoms with Crippen molar-refractivity contribution in [3.05, 3.63) is 114 Å². The first-order chi connectivity index (χ1) is 26.1. The van der Waals surface area contributed by atoms with Crippen LogP contribution in [0.2, 0.25) is 0 Å². The molecule has 276 valence electrons. The van der Waals surface area contributed by atoms with Crippen molar-refractivity contribution in [3.63, 3.8) is 0 Å². The van der Waals surface area contributed by atoms with Gasteiger partial charge in [0.15, 0.2) is 0 Å². The minimum atomic E-state index is -0.408. The maximum atomic E-state index is 13.4. The van der Waals surface area contributed by atoms with Crippen LogP contribution >= 0.6 is 0 Å². The van der Waals surface area contributed by atoms with E-state index in [-0.39, 0.29) is 17.8 Å². The molecule has 54 heavy (non-hydrogen) atoms. The molecule has 4 aromatic carbocycles. The Kier molecular flexibility index (Phi) is 10.4. The maximum absolute atomic E-state index is 13.4. The van der Waals surface area contributed by atoms with Crippen LogP contribution in [0.25, 0.3) is 16.5 Å². The lowest BCUT2D eigenvalue weighted by molar-refractivity contribution is 0.0663. The zero-order valence-corrected chi connectivity index (χ0v) is 31.0. The molecule has 3 N–H and O–H groups in total. The second kappa shape index (κ2) is 15.6. The zero-order chi connectivity index (χ0) is 37.8. The van der Waals surface area contributed by atoms with Gasteiger partial charge in [-0.25, -0.2) is 14.5 Å². The normalized spacial score (nSPS) is 13.2. The molecule has 13 heteroatoms. The van der Waals surface area contributed by atoms with E-state index in [0.29, 0.717) is 53.2 Å². The van der Waals surface area contributed by atoms with Crippen LogP contribution in [-0.4, -0.2) is 81.8 Å². The van der Waals surface area contributed by atoms with Gasteiger partial charge in [-0.15, -0.1) is 0 Å². The van der Waals surface area contributed by atoms with E-state index in [1.807, 2.05) is 66.4 Å². The lowest BCUT2D eigenvalue weighted by Crippen LogP contribution is -2.47. The number of hydrogen-bond acceptors (Lipinski definition) is 9. The smallest absolute Gasteiger partial charge is 0.324 e. The highest BCUT2D eigenvalue weighted by molar-refractivity contribution is 6.07. The van der Waals surface area contributed by atoms with Crippen LogP contribution in [0.15, 0.2) is 97.2 Å². The fourth-order valence-corrected chi connectivity index (χ4v) is 6.20. The lowest BCUT2D eigenvalue weighted by atomic mass is 10.1. The number of nitrogens with zero attached hydrogens (tertiary/aromatic N) is 6. The van der Waals surface area contributed by atoms with Crippen molar-refractivity contribution in [1.82, 2.24) is 29.5 Å². The Morgan fingerprint density at radius 2 is 1.61 bits per heavy atom. The average Bonchev–Trinajstić information content (AvgIpc) is 3.60. The number of nitrogens with one attached hydrogen (secondary N) is 3. The van der Waals surface area contributed by atoms with Crippen LogP contribution in [-0.2, 0) is 0 Å². The highest BCUT2D eigenvalue weighted by Gasteiger charge is 2.22. The molecule has 0 bridgehead atoms. The van der Waals surface area contributed by atoms with Gasteiger partial charge in [0, 0.05) is 72.6 Å². The van der Waals surface area contributed by atoms with Gasteiger partial charge in [0.05, 0.1) is 24.2 Å². The summed E-state index contributed by atoms with van der Waals surface area (Å²) in [5.41, 5.74) is 4.57. The van der Waals surface area contributed by atoms with E-state index >= 15 is 0 Å². The summed E-state index contributed by atoms with van der Waals surface area (Å²) in [6.07, 6.45) is 1.59. The number of carbonyl (C=O) groups is 2. The number of fused-ring (bicyclic) bond motifs is 1. The fourth-order valence-electron chi connectivity index (χ4n) is 6.20. The second-order valence-electron chi connectivity index (χ2n) is 13.6. The van der Waals surface area contributed by atoms with Gasteiger partial charge in [-0.1, -0.05) is 55.8 Å². The number of ether oxygens (including phenoxy) is 2. The molecule has 0 saturated carbocycles. The standard InChI is InChI=1S/C41H43N9O4/c1-26(2)35-25-37(50(47-35)30-12-10-27(3)11-13-30)45-41(52)44-34-14-15-36(33-9-7-6-8-32(33)34)54-38-16-17-42-40(46-38)43-29-22-28(23-31(24-29)53-5)39(51)49-20-18-48(4)19-21-49/h6-17,22-26H,18-21H2,1-5H3,(H,42,43,46)(H2,44,45,52). The molecule has 0 unspecified atom stereocenters. The van der Waals surface area contributed by atoms with Crippen LogP contribution in [0.1, 0.15) is 41.4 Å². The van der Waals surface area contributed by atoms with Gasteiger partial charge in [-0.2, -0.15) is 10.1 Å². The van der Waals surface area contributed by atoms with Gasteiger partial charge in [0.25, 0.3) is 5.91 Å². The Morgan fingerprint density at radius 3 is 2.35 bits per heavy atom. The topological polar surface area (TPSA) is 139 Å². The number of aromatic nitrogens is 4. The van der Waals surface area contributed by atoms with E-state index in [1.54, 1.807) is 54.4 Å². The molecule has 0 aliphatic carbocycles. The molecule has 0 atom stereocenters. The van der Waals surface area contributed by atoms with Crippen LogP contribution in [0.5, 0.6) is 17.4 Å². The molecule has 3 heterocycles. The largest absolute Gasteiger partial charge is 0.497 e. The molecule has 1 aliphatic heterocycles. The highest BCUT2D eigenvalue weighted by Crippen LogP contribution is 2.35. The number of piperazine rings is 1. The highest BCUT2D eigenvalue weighted by atomic mass is 16.5. The van der Waals surface area contributed by atoms with E-state index in [9.17, 15) is 9.59 Å². The first-order valence-electron chi connectivity index (χ1n) is 17.8. The first kappa shape index (κ1) is 35.9. The van der Waals surface area contributed by atoms with Crippen molar-refractivity contribution in [2.45, 2.75) is 26.7 Å². The third kappa shape index (κ3) is 8.11. The number of carbonyl (C=O) groups excluding carboxylic acids is 2. The SMILES string of the molecule is COc1cc(Nc2nccc(Oc3ccc(NC(=O)Nc4cc(C(C)C)nn4-c4ccc(C)cc4)c4ccccc34)n2)cc(C(=O)N2CCN(C)CC2)c1. The quantitative estimate of drug-likeness (QED) is 0.129. The molecule has 0 radical (unpaired) electrons. The minimum absolute atomic E-state index is 0.0560. The van der Waals surface area contributed by atoms with Gasteiger partial charge in [-0.3, -0.25) is 10.1 Å². The Morgan fingerprint density at radius 1 is 0.852 bits per heavy atom. The Bertz CT molecular complexity index is 2300. The number of aryl methyl sites for hydroxylation is 1. The van der Waals surface area contributed by atoms with Gasteiger partial charge in [-0.05, 0) is 56.3 Å². The molecular weight excluding hydrogens is 683 g/mol. The van der Waals surface area contributed by atoms with Gasteiger partial charge in [0.2, 0.25) is 11.8 Å². The number of hydrogen-bond donors (Lipinski definition) is 3. The van der Waals surface area contributed by atoms with Crippen molar-refractivity contribution >= 4 is 45.9 Å². The minimum Gasteiger partial charge on any atom is -0.497 e. The first-order valence-corrected chi connectivity index (χ1v) is 17.8. The molecule has 0 spiro atoms. The number of likely N-dealkylation sites (N-methyl/N-ethyl adjacent to an activating group) is 1. The number of benzene rings is 4. The van der Waals surface area contributed by atoms with Gasteiger partial charge in [0.1, 0.15) is 17.3 Å². The summed E-state index contributed by atoms with van der Waals surface area (Å²) in [4.78, 5) is 39.8. The van der Waals surface area contributed by atoms with E-state index in [2.05, 4.69) is 51.7 Å². The maximum Gasteiger partial charge on any atom is 0.324 e. The van der Waals surface area contributed by atoms with E-state index in [4.69, 9.17) is 14.6 Å². The Hall–Kier alpha value is -6.47. The molecule has 6 aromatic rings. The van der Waals surface area contributed by atoms with E-state index in [1.165, 1.54) is 0 Å². The predicted molar refractivity (Wildman–Crippen MR) is 211 cm³/mol. The molecule has 13 nitrogen and oxygen atoms in total. The van der Waals surface area contributed by atoms with E-state index in [0.717, 1.165) is 40.8 Å². The molecule has 1 fully saturated rings. The summed E-state index contributed by atoms with van der Waals surface area (Å²) in [5.74, 6) is 2.35. The van der Waals surface area contributed by atoms with Crippen LogP contribution in [0.3, 0.4) is 0 Å². The van der Waals surface area contributed by atoms with Gasteiger partial charge < -0.3 is 29.9 Å². The summed E-state index contributed by atoms with van der Waals surface area (Å²) in [6.45, 7) is 9.14. The molecule has 2 aromatic heterocycles. The number of methoxy groups -OCH3 is 1. The van der Waals surface area contributed by atoms with Crippen LogP contribution in [0, 0.1) is 6.92 Å². The fraction of sp³-hybridized carbons (Fsp3) is 0.244. The molecular formula is C41H43N9O4. The molecule has 1 saturated heterocycles. The van der Waals surface area contributed by atoms with Crippen molar-refractivity contribution in [1.29, 1.82) is 0 Å². The number of amides is 3. The summed E-state index contributed by atoms with van der Waals surface area (Å²) >= 11 is 0. The van der Waals surface area contributed by atoms with Crippen LogP contribution in [0.4, 0.5) is 27.9 Å². The van der Waals surface area contributed by atoms with Gasteiger partial charge >= 0.3 is 6.03 Å². The Balaban J connectivity index is 1.08. The average molecular weight is 726 g/mol. The number of rotatable bonds is 10. The third-order valence-corrected chi connectivity index (χ3v) is 9.25. The number of anilines is 4. The molecule has 1 aliphatic rings. The third-order valence-electron chi connectivity index (χ3n) is 9.25. The van der Waals surface area contributed by atoms with Crippen LogP contribution < -0.4 is 25.4 Å². The Labute approximate surface area is 313 Å². The number of urea groups is 1. The second-order valence-corrected chi connectivity index (χ2v) is 13.6. The monoisotopic (exact) mass is 725 g/mol. The summed E-state index contributed by atoms with van der Waals surface area (Å²) in [5, 5.41) is 15.5. The van der Waals surface area contributed by atoms with Crippen molar-refractivity contribution in [2.24, 2.45) is 0 Å². The molecule has 7 rings (SSSR count). The van der Waals surface area contributed by atoms with Crippen molar-refractivity contribution in [2.75, 3.05) is 56.3 Å². The predicted octanol–water partition coefficient (Wildman–Crippen LogP) is 7.82. The summed E-state index contributed by atoms with van der Waals surface area (Å²) < 4.78 is 13.6. The molecule has 3 amide bonds. The summed E-state index contributed by atoms with van der Waals surface area (Å²) in [7, 11) is 3.62. The zero-order valence-electron chi connectivity index (χ0n) is 31.0. The summed E-state index contributed by atoms with van der Waals surface area (Å²) in [6, 6.07) is 27.7. The lowest BCUT2D eigenvalue weighted by Gasteiger charge is -2.32. The van der Waals surface area contributed by atoms with E-state index < -0.39 is 6.03 Å². The van der Waals surface area contributed by atoms with Crippen molar-refractivity contribution < 1.29 is 19.1 Å². The van der Waals surface area contributed by atoms with Crippen molar-refractivity contribution in [3.8, 4) is 23.1 Å².